The SMILES string of the molecule is COc1ccc(CNC(=O)NCCc2ccccc2C)cc1. The van der Waals surface area contributed by atoms with Crippen LogP contribution in [0.1, 0.15) is 16.7 Å². The van der Waals surface area contributed by atoms with Crippen LogP contribution in [0.15, 0.2) is 48.5 Å². The largest absolute Gasteiger partial charge is 0.497 e. The van der Waals surface area contributed by atoms with Crippen LogP contribution in [-0.2, 0) is 13.0 Å². The maximum absolute atomic E-state index is 11.8. The average Bonchev–Trinajstić information content (AvgIpc) is 2.55. The standard InChI is InChI=1S/C18H22N2O2/c1-14-5-3-4-6-16(14)11-12-19-18(21)20-13-15-7-9-17(22-2)10-8-15/h3-10H,11-13H2,1-2H3,(H2,19,20,21). The molecule has 0 aliphatic rings. The fourth-order valence-electron chi connectivity index (χ4n) is 2.19. The minimum Gasteiger partial charge on any atom is -0.497 e. The maximum Gasteiger partial charge on any atom is 0.315 e. The van der Waals surface area contributed by atoms with E-state index in [0.717, 1.165) is 17.7 Å². The van der Waals surface area contributed by atoms with E-state index in [1.54, 1.807) is 7.11 Å². The van der Waals surface area contributed by atoms with Crippen molar-refractivity contribution in [3.05, 3.63) is 65.2 Å². The van der Waals surface area contributed by atoms with Crippen LogP contribution < -0.4 is 15.4 Å². The Hall–Kier alpha value is -2.49. The van der Waals surface area contributed by atoms with Crippen molar-refractivity contribution in [1.29, 1.82) is 0 Å². The molecule has 0 fully saturated rings. The third kappa shape index (κ3) is 4.81. The minimum absolute atomic E-state index is 0.149. The van der Waals surface area contributed by atoms with E-state index in [1.165, 1.54) is 11.1 Å². The Bertz CT molecular complexity index is 609. The van der Waals surface area contributed by atoms with E-state index in [0.29, 0.717) is 13.1 Å². The summed E-state index contributed by atoms with van der Waals surface area (Å²) in [5, 5.41) is 5.72. The minimum atomic E-state index is -0.149. The Morgan fingerprint density at radius 1 is 1.05 bits per heavy atom. The van der Waals surface area contributed by atoms with Crippen molar-refractivity contribution >= 4 is 6.03 Å². The number of ether oxygens (including phenoxy) is 1. The molecule has 2 N–H and O–H groups in total. The van der Waals surface area contributed by atoms with E-state index in [1.807, 2.05) is 36.4 Å². The van der Waals surface area contributed by atoms with Crippen LogP contribution in [0.5, 0.6) is 5.75 Å². The Kier molecular flexibility index (Phi) is 5.83. The van der Waals surface area contributed by atoms with Crippen LogP contribution >= 0.6 is 0 Å². The van der Waals surface area contributed by atoms with Gasteiger partial charge < -0.3 is 15.4 Å². The predicted octanol–water partition coefficient (Wildman–Crippen LogP) is 3.05. The smallest absolute Gasteiger partial charge is 0.315 e. The van der Waals surface area contributed by atoms with E-state index in [2.05, 4.69) is 29.7 Å². The molecule has 0 atom stereocenters. The molecule has 22 heavy (non-hydrogen) atoms. The van der Waals surface area contributed by atoms with E-state index in [-0.39, 0.29) is 6.03 Å². The van der Waals surface area contributed by atoms with Gasteiger partial charge in [0.15, 0.2) is 0 Å². The Balaban J connectivity index is 1.70. The molecule has 0 saturated carbocycles. The first-order valence-corrected chi connectivity index (χ1v) is 7.38. The molecule has 0 heterocycles. The highest BCUT2D eigenvalue weighted by Gasteiger charge is 2.02. The molecule has 2 rings (SSSR count). The molecule has 0 aliphatic carbocycles. The first kappa shape index (κ1) is 15.9. The number of carbonyl (C=O) groups is 1. The number of aryl methyl sites for hydroxylation is 1. The molecule has 4 heteroatoms. The third-order valence-electron chi connectivity index (χ3n) is 3.55. The molecule has 0 aromatic heterocycles. The van der Waals surface area contributed by atoms with Gasteiger partial charge in [-0.15, -0.1) is 0 Å². The molecular weight excluding hydrogens is 276 g/mol. The Morgan fingerprint density at radius 3 is 2.45 bits per heavy atom. The van der Waals surface area contributed by atoms with Gasteiger partial charge in [0.25, 0.3) is 0 Å². The second-order valence-electron chi connectivity index (χ2n) is 5.13. The lowest BCUT2D eigenvalue weighted by atomic mass is 10.1. The number of methoxy groups -OCH3 is 1. The fourth-order valence-corrected chi connectivity index (χ4v) is 2.19. The molecular formula is C18H22N2O2. The van der Waals surface area contributed by atoms with Gasteiger partial charge in [-0.1, -0.05) is 36.4 Å². The van der Waals surface area contributed by atoms with Gasteiger partial charge in [0.1, 0.15) is 5.75 Å². The van der Waals surface area contributed by atoms with Crippen molar-refractivity contribution in [2.24, 2.45) is 0 Å². The number of amides is 2. The number of carbonyl (C=O) groups excluding carboxylic acids is 1. The van der Waals surface area contributed by atoms with Crippen molar-refractivity contribution in [2.75, 3.05) is 13.7 Å². The summed E-state index contributed by atoms with van der Waals surface area (Å²) in [6.07, 6.45) is 0.836. The molecule has 0 unspecified atom stereocenters. The zero-order valence-corrected chi connectivity index (χ0v) is 13.1. The summed E-state index contributed by atoms with van der Waals surface area (Å²) >= 11 is 0. The van der Waals surface area contributed by atoms with Gasteiger partial charge in [-0.2, -0.15) is 0 Å². The van der Waals surface area contributed by atoms with E-state index in [9.17, 15) is 4.79 Å². The monoisotopic (exact) mass is 298 g/mol. The van der Waals surface area contributed by atoms with Crippen molar-refractivity contribution in [3.8, 4) is 5.75 Å². The van der Waals surface area contributed by atoms with Crippen molar-refractivity contribution < 1.29 is 9.53 Å². The molecule has 0 radical (unpaired) electrons. The molecule has 116 valence electrons. The van der Waals surface area contributed by atoms with Crippen molar-refractivity contribution in [3.63, 3.8) is 0 Å². The Morgan fingerprint density at radius 2 is 1.77 bits per heavy atom. The molecule has 0 saturated heterocycles. The van der Waals surface area contributed by atoms with E-state index >= 15 is 0 Å². The summed E-state index contributed by atoms with van der Waals surface area (Å²) in [5.41, 5.74) is 3.55. The second-order valence-corrected chi connectivity index (χ2v) is 5.13. The van der Waals surface area contributed by atoms with Gasteiger partial charge in [0.2, 0.25) is 0 Å². The second kappa shape index (κ2) is 8.08. The van der Waals surface area contributed by atoms with Crippen LogP contribution in [0, 0.1) is 6.92 Å². The van der Waals surface area contributed by atoms with Crippen LogP contribution in [0.2, 0.25) is 0 Å². The lowest BCUT2D eigenvalue weighted by Crippen LogP contribution is -2.36. The van der Waals surface area contributed by atoms with Crippen molar-refractivity contribution in [2.45, 2.75) is 19.9 Å². The van der Waals surface area contributed by atoms with Crippen molar-refractivity contribution in [1.82, 2.24) is 10.6 Å². The number of hydrogen-bond acceptors (Lipinski definition) is 2. The normalized spacial score (nSPS) is 10.1. The number of urea groups is 1. The van der Waals surface area contributed by atoms with E-state index < -0.39 is 0 Å². The zero-order valence-electron chi connectivity index (χ0n) is 13.1. The molecule has 4 nitrogen and oxygen atoms in total. The molecule has 0 spiro atoms. The first-order valence-electron chi connectivity index (χ1n) is 7.38. The van der Waals surface area contributed by atoms with Gasteiger partial charge in [-0.05, 0) is 42.2 Å². The summed E-state index contributed by atoms with van der Waals surface area (Å²) in [4.78, 5) is 11.8. The summed E-state index contributed by atoms with van der Waals surface area (Å²) < 4.78 is 5.10. The van der Waals surface area contributed by atoms with Gasteiger partial charge in [-0.25, -0.2) is 4.79 Å². The van der Waals surface area contributed by atoms with Gasteiger partial charge in [0.05, 0.1) is 7.11 Å². The number of benzene rings is 2. The quantitative estimate of drug-likeness (QED) is 0.861. The average molecular weight is 298 g/mol. The highest BCUT2D eigenvalue weighted by Crippen LogP contribution is 2.11. The van der Waals surface area contributed by atoms with Crippen LogP contribution in [0.25, 0.3) is 0 Å². The zero-order chi connectivity index (χ0) is 15.8. The number of hydrogen-bond donors (Lipinski definition) is 2. The topological polar surface area (TPSA) is 50.4 Å². The first-order chi connectivity index (χ1) is 10.7. The lowest BCUT2D eigenvalue weighted by Gasteiger charge is -2.09. The highest BCUT2D eigenvalue weighted by molar-refractivity contribution is 5.73. The molecule has 2 aromatic carbocycles. The lowest BCUT2D eigenvalue weighted by molar-refractivity contribution is 0.240. The third-order valence-corrected chi connectivity index (χ3v) is 3.55. The van der Waals surface area contributed by atoms with Gasteiger partial charge >= 0.3 is 6.03 Å². The van der Waals surface area contributed by atoms with Crippen LogP contribution in [0.4, 0.5) is 4.79 Å². The van der Waals surface area contributed by atoms with E-state index in [4.69, 9.17) is 4.74 Å². The maximum atomic E-state index is 11.8. The fraction of sp³-hybridized carbons (Fsp3) is 0.278. The summed E-state index contributed by atoms with van der Waals surface area (Å²) in [6, 6.07) is 15.7. The summed E-state index contributed by atoms with van der Waals surface area (Å²) in [7, 11) is 1.63. The van der Waals surface area contributed by atoms with Gasteiger partial charge in [-0.3, -0.25) is 0 Å². The molecule has 2 aromatic rings. The predicted molar refractivity (Wildman–Crippen MR) is 88.1 cm³/mol. The summed E-state index contributed by atoms with van der Waals surface area (Å²) in [5.74, 6) is 0.812. The highest BCUT2D eigenvalue weighted by atomic mass is 16.5. The number of nitrogens with one attached hydrogen (secondary N) is 2. The summed E-state index contributed by atoms with van der Waals surface area (Å²) in [6.45, 7) is 3.21. The Labute approximate surface area is 131 Å². The van der Waals surface area contributed by atoms with Gasteiger partial charge in [0, 0.05) is 13.1 Å². The molecule has 2 amide bonds. The molecule has 0 aliphatic heterocycles. The van der Waals surface area contributed by atoms with Crippen LogP contribution in [-0.4, -0.2) is 19.7 Å². The molecule has 0 bridgehead atoms. The van der Waals surface area contributed by atoms with Crippen LogP contribution in [0.3, 0.4) is 0 Å². The number of rotatable bonds is 6.